The average molecular weight is 405 g/mol. The molecule has 28 heavy (non-hydrogen) atoms. The van der Waals surface area contributed by atoms with Gasteiger partial charge in [0.1, 0.15) is 17.4 Å². The number of benzene rings is 1. The molecule has 2 aromatic heterocycles. The normalized spacial score (nSPS) is 15.4. The zero-order valence-electron chi connectivity index (χ0n) is 15.5. The van der Waals surface area contributed by atoms with E-state index in [0.717, 1.165) is 0 Å². The molecular weight excluding hydrogens is 387 g/mol. The van der Waals surface area contributed by atoms with Crippen molar-refractivity contribution in [2.24, 2.45) is 4.99 Å². The van der Waals surface area contributed by atoms with Crippen molar-refractivity contribution in [3.63, 3.8) is 0 Å². The van der Waals surface area contributed by atoms with E-state index < -0.39 is 11.5 Å². The van der Waals surface area contributed by atoms with Crippen LogP contribution in [0.2, 0.25) is 5.02 Å². The number of rotatable bonds is 5. The van der Waals surface area contributed by atoms with Gasteiger partial charge in [-0.05, 0) is 32.0 Å². The van der Waals surface area contributed by atoms with Gasteiger partial charge in [-0.25, -0.2) is 29.2 Å². The van der Waals surface area contributed by atoms with E-state index >= 15 is 0 Å². The Bertz CT molecular complexity index is 1080. The molecule has 0 fully saturated rings. The molecule has 2 N–H and O–H groups in total. The monoisotopic (exact) mass is 404 g/mol. The van der Waals surface area contributed by atoms with Gasteiger partial charge in [0, 0.05) is 18.3 Å². The molecule has 1 aliphatic heterocycles. The highest BCUT2D eigenvalue weighted by atomic mass is 35.5. The van der Waals surface area contributed by atoms with Crippen molar-refractivity contribution in [1.29, 1.82) is 0 Å². The number of fused-ring (bicyclic) bond motifs is 1. The summed E-state index contributed by atoms with van der Waals surface area (Å²) in [7, 11) is 1.49. The summed E-state index contributed by atoms with van der Waals surface area (Å²) in [5.74, 6) is 1.13. The zero-order valence-corrected chi connectivity index (χ0v) is 16.2. The largest absolute Gasteiger partial charge is 0.495 e. The van der Waals surface area contributed by atoms with E-state index in [2.05, 4.69) is 25.9 Å². The smallest absolute Gasteiger partial charge is 0.182 e. The van der Waals surface area contributed by atoms with Gasteiger partial charge in [-0.15, -0.1) is 0 Å². The molecule has 0 spiro atoms. The minimum Gasteiger partial charge on any atom is -0.495 e. The number of aliphatic imine (C=N–C) groups is 1. The van der Waals surface area contributed by atoms with Crippen molar-refractivity contribution >= 4 is 28.9 Å². The summed E-state index contributed by atoms with van der Waals surface area (Å²) in [6.07, 6.45) is 3.43. The van der Waals surface area contributed by atoms with Gasteiger partial charge in [-0.2, -0.15) is 5.10 Å². The van der Waals surface area contributed by atoms with Crippen LogP contribution in [0.5, 0.6) is 5.75 Å². The Kier molecular flexibility index (Phi) is 4.56. The van der Waals surface area contributed by atoms with Gasteiger partial charge in [0.2, 0.25) is 0 Å². The molecule has 0 aliphatic carbocycles. The first-order chi connectivity index (χ1) is 13.4. The Morgan fingerprint density at radius 1 is 1.39 bits per heavy atom. The molecule has 0 bridgehead atoms. The zero-order chi connectivity index (χ0) is 19.9. The predicted molar refractivity (Wildman–Crippen MR) is 103 cm³/mol. The second-order valence-electron chi connectivity index (χ2n) is 6.68. The van der Waals surface area contributed by atoms with Crippen LogP contribution in [0.25, 0.3) is 5.65 Å². The van der Waals surface area contributed by atoms with Crippen molar-refractivity contribution in [3.05, 3.63) is 52.6 Å². The molecular formula is C18H18ClFN6O2. The number of halogens is 2. The van der Waals surface area contributed by atoms with Crippen LogP contribution >= 0.6 is 11.6 Å². The average Bonchev–Trinajstić information content (AvgIpc) is 3.21. The maximum absolute atomic E-state index is 13.7. The number of methoxy groups -OCH3 is 1. The standard InChI is InChI=1S/C18H18ClFN6O2/c1-18(2)24-16(25-28-18)12-9-22-26-5-4-14(23-17(12)26)21-8-10-6-11(20)7-13(19)15(10)27-3/h4-7,9H,8H2,1-3H3,(H,21,23)(H,24,25). The number of hydrogen-bond acceptors (Lipinski definition) is 7. The minimum atomic E-state index is -0.660. The Hall–Kier alpha value is -2.91. The summed E-state index contributed by atoms with van der Waals surface area (Å²) >= 11 is 6.04. The molecule has 3 aromatic rings. The molecule has 0 amide bonds. The van der Waals surface area contributed by atoms with Gasteiger partial charge in [-0.3, -0.25) is 0 Å². The van der Waals surface area contributed by atoms with E-state index in [1.165, 1.54) is 19.2 Å². The molecule has 0 atom stereocenters. The van der Waals surface area contributed by atoms with Crippen LogP contribution in [0.4, 0.5) is 10.2 Å². The van der Waals surface area contributed by atoms with Crippen LogP contribution < -0.4 is 15.5 Å². The lowest BCUT2D eigenvalue weighted by atomic mass is 10.2. The molecule has 0 saturated heterocycles. The Balaban J connectivity index is 1.62. The maximum Gasteiger partial charge on any atom is 0.182 e. The molecule has 10 heteroatoms. The summed E-state index contributed by atoms with van der Waals surface area (Å²) in [6, 6.07) is 4.35. The third kappa shape index (κ3) is 3.46. The second kappa shape index (κ2) is 6.92. The number of anilines is 1. The predicted octanol–water partition coefficient (Wildman–Crippen LogP) is 3.16. The van der Waals surface area contributed by atoms with Gasteiger partial charge in [0.25, 0.3) is 0 Å². The van der Waals surface area contributed by atoms with Crippen molar-refractivity contribution in [2.45, 2.75) is 26.1 Å². The lowest BCUT2D eigenvalue weighted by molar-refractivity contribution is -0.0269. The molecule has 1 aliphatic rings. The molecule has 0 saturated carbocycles. The van der Waals surface area contributed by atoms with E-state index in [1.54, 1.807) is 23.0 Å². The Morgan fingerprint density at radius 2 is 2.21 bits per heavy atom. The van der Waals surface area contributed by atoms with Crippen LogP contribution in [-0.4, -0.2) is 33.3 Å². The molecule has 0 unspecified atom stereocenters. The van der Waals surface area contributed by atoms with Crippen LogP contribution in [0.1, 0.15) is 25.0 Å². The highest BCUT2D eigenvalue weighted by Crippen LogP contribution is 2.30. The first-order valence-electron chi connectivity index (χ1n) is 8.51. The van der Waals surface area contributed by atoms with Crippen molar-refractivity contribution in [1.82, 2.24) is 20.1 Å². The summed E-state index contributed by atoms with van der Waals surface area (Å²) in [5, 5.41) is 7.66. The highest BCUT2D eigenvalue weighted by molar-refractivity contribution is 6.32. The van der Waals surface area contributed by atoms with Gasteiger partial charge < -0.3 is 10.1 Å². The van der Waals surface area contributed by atoms with Crippen molar-refractivity contribution in [3.8, 4) is 5.75 Å². The number of aromatic nitrogens is 3. The summed E-state index contributed by atoms with van der Waals surface area (Å²) in [4.78, 5) is 14.5. The van der Waals surface area contributed by atoms with E-state index in [-0.39, 0.29) is 11.6 Å². The van der Waals surface area contributed by atoms with Gasteiger partial charge >= 0.3 is 0 Å². The van der Waals surface area contributed by atoms with Gasteiger partial charge in [-0.1, -0.05) is 11.6 Å². The molecule has 1 aromatic carbocycles. The fraction of sp³-hybridized carbons (Fsp3) is 0.278. The quantitative estimate of drug-likeness (QED) is 0.679. The van der Waals surface area contributed by atoms with E-state index in [1.807, 2.05) is 13.8 Å². The summed E-state index contributed by atoms with van der Waals surface area (Å²) < 4.78 is 20.6. The number of nitrogens with zero attached hydrogens (tertiary/aromatic N) is 4. The molecule has 146 valence electrons. The van der Waals surface area contributed by atoms with Gasteiger partial charge in [0.15, 0.2) is 17.2 Å². The first kappa shape index (κ1) is 18.5. The van der Waals surface area contributed by atoms with E-state index in [4.69, 9.17) is 21.2 Å². The fourth-order valence-electron chi connectivity index (χ4n) is 2.90. The lowest BCUT2D eigenvalue weighted by Crippen LogP contribution is -2.23. The summed E-state index contributed by atoms with van der Waals surface area (Å²) in [6.45, 7) is 3.97. The third-order valence-electron chi connectivity index (χ3n) is 4.15. The minimum absolute atomic E-state index is 0.216. The van der Waals surface area contributed by atoms with Crippen LogP contribution in [0, 0.1) is 5.82 Å². The van der Waals surface area contributed by atoms with Crippen LogP contribution in [-0.2, 0) is 11.4 Å². The number of hydroxylamine groups is 1. The van der Waals surface area contributed by atoms with Crippen LogP contribution in [0.3, 0.4) is 0 Å². The maximum atomic E-state index is 13.7. The van der Waals surface area contributed by atoms with Crippen molar-refractivity contribution in [2.75, 3.05) is 12.4 Å². The molecule has 8 nitrogen and oxygen atoms in total. The summed E-state index contributed by atoms with van der Waals surface area (Å²) in [5.41, 5.74) is 4.04. The second-order valence-corrected chi connectivity index (χ2v) is 7.09. The SMILES string of the molecule is COc1c(Cl)cc(F)cc1CNc1ccn2ncc(C3=NC(C)(C)ON3)c2n1. The first-order valence-corrected chi connectivity index (χ1v) is 8.88. The van der Waals surface area contributed by atoms with E-state index in [9.17, 15) is 4.39 Å². The molecule has 3 heterocycles. The highest BCUT2D eigenvalue weighted by Gasteiger charge is 2.28. The number of nitrogens with one attached hydrogen (secondary N) is 2. The third-order valence-corrected chi connectivity index (χ3v) is 4.43. The number of ether oxygens (including phenoxy) is 1. The van der Waals surface area contributed by atoms with Crippen LogP contribution in [0.15, 0.2) is 35.6 Å². The number of hydrogen-bond donors (Lipinski definition) is 2. The Labute approximate surface area is 165 Å². The van der Waals surface area contributed by atoms with Gasteiger partial charge in [0.05, 0.1) is 23.9 Å². The molecule has 4 rings (SSSR count). The van der Waals surface area contributed by atoms with E-state index in [0.29, 0.717) is 34.2 Å². The topological polar surface area (TPSA) is 85.1 Å². The lowest BCUT2D eigenvalue weighted by Gasteiger charge is -2.12. The molecule has 0 radical (unpaired) electrons. The number of amidine groups is 1. The van der Waals surface area contributed by atoms with Crippen molar-refractivity contribution < 1.29 is 14.0 Å². The fourth-order valence-corrected chi connectivity index (χ4v) is 3.20. The Morgan fingerprint density at radius 3 is 2.93 bits per heavy atom.